The number of nitrogen functional groups attached to an aromatic ring is 1. The molecule has 0 aromatic heterocycles. The smallest absolute Gasteiger partial charge is 0.244 e. The van der Waals surface area contributed by atoms with E-state index in [1.54, 1.807) is 7.05 Å². The van der Waals surface area contributed by atoms with Crippen LogP contribution in [-0.2, 0) is 14.8 Å². The van der Waals surface area contributed by atoms with Crippen molar-refractivity contribution in [2.75, 3.05) is 19.4 Å². The third kappa shape index (κ3) is 2.72. The van der Waals surface area contributed by atoms with Crippen molar-refractivity contribution in [2.45, 2.75) is 30.4 Å². The highest BCUT2D eigenvalue weighted by Gasteiger charge is 2.36. The first-order valence-corrected chi connectivity index (χ1v) is 7.80. The summed E-state index contributed by atoms with van der Waals surface area (Å²) in [6.07, 6.45) is 0.566. The van der Waals surface area contributed by atoms with Gasteiger partial charge in [-0.25, -0.2) is 8.42 Å². The lowest BCUT2D eigenvalue weighted by Crippen LogP contribution is -2.41. The molecule has 1 fully saturated rings. The van der Waals surface area contributed by atoms with Crippen LogP contribution in [0.15, 0.2) is 23.1 Å². The fourth-order valence-electron chi connectivity index (χ4n) is 2.26. The third-order valence-electron chi connectivity index (χ3n) is 3.42. The topological polar surface area (TPSA) is 72.6 Å². The van der Waals surface area contributed by atoms with Crippen LogP contribution in [-0.4, -0.2) is 38.5 Å². The number of nitrogens with zero attached hydrogens (tertiary/aromatic N) is 1. The average molecular weight is 305 g/mol. The van der Waals surface area contributed by atoms with Gasteiger partial charge >= 0.3 is 0 Å². The molecule has 0 aliphatic carbocycles. The van der Waals surface area contributed by atoms with Gasteiger partial charge in [0.15, 0.2) is 0 Å². The van der Waals surface area contributed by atoms with Gasteiger partial charge in [-0.1, -0.05) is 11.6 Å². The van der Waals surface area contributed by atoms with Crippen molar-refractivity contribution in [1.82, 2.24) is 4.31 Å². The number of anilines is 1. The maximum absolute atomic E-state index is 12.5. The molecule has 0 bridgehead atoms. The van der Waals surface area contributed by atoms with E-state index in [9.17, 15) is 8.42 Å². The predicted molar refractivity (Wildman–Crippen MR) is 74.6 cm³/mol. The van der Waals surface area contributed by atoms with Crippen LogP contribution in [0.5, 0.6) is 0 Å². The van der Waals surface area contributed by atoms with Gasteiger partial charge in [0.2, 0.25) is 10.0 Å². The second-order valence-corrected chi connectivity index (χ2v) is 7.02. The molecule has 0 spiro atoms. The highest BCUT2D eigenvalue weighted by atomic mass is 35.5. The van der Waals surface area contributed by atoms with Crippen LogP contribution in [0.3, 0.4) is 0 Å². The fourth-order valence-corrected chi connectivity index (χ4v) is 4.23. The molecule has 1 aliphatic heterocycles. The summed E-state index contributed by atoms with van der Waals surface area (Å²) < 4.78 is 31.8. The summed E-state index contributed by atoms with van der Waals surface area (Å²) in [5, 5.41) is 0.137. The molecule has 0 radical (unpaired) electrons. The number of sulfonamides is 1. The highest BCUT2D eigenvalue weighted by molar-refractivity contribution is 7.89. The molecular weight excluding hydrogens is 288 g/mol. The molecule has 1 heterocycles. The molecule has 7 heteroatoms. The summed E-state index contributed by atoms with van der Waals surface area (Å²) in [7, 11) is -2.08. The van der Waals surface area contributed by atoms with Crippen LogP contribution in [0.2, 0.25) is 5.02 Å². The lowest BCUT2D eigenvalue weighted by molar-refractivity contribution is 0.102. The Morgan fingerprint density at radius 2 is 2.16 bits per heavy atom. The minimum Gasteiger partial charge on any atom is -0.399 e. The van der Waals surface area contributed by atoms with E-state index in [0.717, 1.165) is 0 Å². The molecule has 0 amide bonds. The zero-order chi connectivity index (χ0) is 14.2. The van der Waals surface area contributed by atoms with Crippen molar-refractivity contribution in [3.8, 4) is 0 Å². The van der Waals surface area contributed by atoms with E-state index in [1.165, 1.54) is 22.5 Å². The molecule has 2 N–H and O–H groups in total. The second-order valence-electron chi connectivity index (χ2n) is 4.64. The van der Waals surface area contributed by atoms with Gasteiger partial charge in [-0.3, -0.25) is 0 Å². The number of nitrogens with two attached hydrogens (primary N) is 1. The summed E-state index contributed by atoms with van der Waals surface area (Å²) in [6.45, 7) is 2.44. The maximum Gasteiger partial charge on any atom is 0.244 e. The number of hydrogen-bond donors (Lipinski definition) is 1. The Hall–Kier alpha value is -0.820. The Morgan fingerprint density at radius 3 is 2.68 bits per heavy atom. The van der Waals surface area contributed by atoms with E-state index in [2.05, 4.69) is 0 Å². The Bertz CT molecular complexity index is 576. The zero-order valence-corrected chi connectivity index (χ0v) is 12.4. The zero-order valence-electron chi connectivity index (χ0n) is 10.8. The van der Waals surface area contributed by atoms with Crippen molar-refractivity contribution in [2.24, 2.45) is 0 Å². The van der Waals surface area contributed by atoms with Gasteiger partial charge in [-0.05, 0) is 31.5 Å². The van der Waals surface area contributed by atoms with E-state index in [-0.39, 0.29) is 22.1 Å². The maximum atomic E-state index is 12.5. The molecule has 19 heavy (non-hydrogen) atoms. The van der Waals surface area contributed by atoms with E-state index in [0.29, 0.717) is 18.7 Å². The normalized spacial score (nSPS) is 24.0. The van der Waals surface area contributed by atoms with Crippen LogP contribution >= 0.6 is 11.6 Å². The predicted octanol–water partition coefficient (Wildman–Crippen LogP) is 1.72. The Balaban J connectivity index is 2.36. The van der Waals surface area contributed by atoms with Gasteiger partial charge < -0.3 is 10.5 Å². The van der Waals surface area contributed by atoms with Gasteiger partial charge in [0.1, 0.15) is 4.90 Å². The van der Waals surface area contributed by atoms with Crippen LogP contribution in [0.1, 0.15) is 13.3 Å². The molecule has 2 rings (SSSR count). The Labute approximate surface area is 118 Å². The lowest BCUT2D eigenvalue weighted by atomic mass is 10.2. The third-order valence-corrected chi connectivity index (χ3v) is 5.78. The first-order chi connectivity index (χ1) is 8.84. The molecule has 106 valence electrons. The van der Waals surface area contributed by atoms with Crippen molar-refractivity contribution in [3.63, 3.8) is 0 Å². The first-order valence-electron chi connectivity index (χ1n) is 5.98. The molecule has 2 atom stereocenters. The number of benzene rings is 1. The van der Waals surface area contributed by atoms with Crippen LogP contribution in [0, 0.1) is 0 Å². The number of rotatable bonds is 3. The summed E-state index contributed by atoms with van der Waals surface area (Å²) in [5.41, 5.74) is 6.01. The Kier molecular flexibility index (Phi) is 4.06. The number of likely N-dealkylation sites (N-methyl/N-ethyl adjacent to an activating group) is 1. The SMILES string of the molecule is CC1OCCC1N(C)S(=O)(=O)c1ccc(N)cc1Cl. The summed E-state index contributed by atoms with van der Waals surface area (Å²) in [6, 6.07) is 4.24. The number of hydrogen-bond acceptors (Lipinski definition) is 4. The van der Waals surface area contributed by atoms with Gasteiger partial charge in [0.05, 0.1) is 17.2 Å². The molecular formula is C12H17ClN2O3S. The summed E-state index contributed by atoms with van der Waals surface area (Å²) in [4.78, 5) is 0.0740. The first kappa shape index (κ1) is 14.6. The molecule has 2 unspecified atom stereocenters. The van der Waals surface area contributed by atoms with Crippen molar-refractivity contribution >= 4 is 27.3 Å². The molecule has 0 saturated carbocycles. The highest BCUT2D eigenvalue weighted by Crippen LogP contribution is 2.29. The van der Waals surface area contributed by atoms with Crippen LogP contribution < -0.4 is 5.73 Å². The van der Waals surface area contributed by atoms with Crippen LogP contribution in [0.25, 0.3) is 0 Å². The summed E-state index contributed by atoms with van der Waals surface area (Å²) >= 11 is 5.98. The monoisotopic (exact) mass is 304 g/mol. The molecule has 1 aromatic carbocycles. The van der Waals surface area contributed by atoms with Gasteiger partial charge in [0.25, 0.3) is 0 Å². The van der Waals surface area contributed by atoms with Gasteiger partial charge in [0, 0.05) is 19.3 Å². The van der Waals surface area contributed by atoms with E-state index < -0.39 is 10.0 Å². The van der Waals surface area contributed by atoms with E-state index in [4.69, 9.17) is 22.1 Å². The molecule has 1 saturated heterocycles. The van der Waals surface area contributed by atoms with Crippen LogP contribution in [0.4, 0.5) is 5.69 Å². The second kappa shape index (κ2) is 5.28. The Morgan fingerprint density at radius 1 is 1.47 bits per heavy atom. The minimum absolute atomic E-state index is 0.0740. The number of halogens is 1. The standard InChI is InChI=1S/C12H17ClN2O3S/c1-8-11(5-6-18-8)15(2)19(16,17)12-4-3-9(14)7-10(12)13/h3-4,7-8,11H,5-6,14H2,1-2H3. The van der Waals surface area contributed by atoms with Crippen molar-refractivity contribution in [3.05, 3.63) is 23.2 Å². The number of ether oxygens (including phenoxy) is 1. The van der Waals surface area contributed by atoms with E-state index in [1.807, 2.05) is 6.92 Å². The average Bonchev–Trinajstić information content (AvgIpc) is 2.73. The largest absolute Gasteiger partial charge is 0.399 e. The minimum atomic E-state index is -3.64. The quantitative estimate of drug-likeness (QED) is 0.863. The molecule has 5 nitrogen and oxygen atoms in total. The van der Waals surface area contributed by atoms with E-state index >= 15 is 0 Å². The van der Waals surface area contributed by atoms with Crippen molar-refractivity contribution in [1.29, 1.82) is 0 Å². The lowest BCUT2D eigenvalue weighted by Gasteiger charge is -2.26. The molecule has 1 aromatic rings. The van der Waals surface area contributed by atoms with Gasteiger partial charge in [-0.2, -0.15) is 4.31 Å². The van der Waals surface area contributed by atoms with Crippen molar-refractivity contribution < 1.29 is 13.2 Å². The fraction of sp³-hybridized carbons (Fsp3) is 0.500. The summed E-state index contributed by atoms with van der Waals surface area (Å²) in [5.74, 6) is 0. The van der Waals surface area contributed by atoms with Gasteiger partial charge in [-0.15, -0.1) is 0 Å². The molecule has 1 aliphatic rings.